The van der Waals surface area contributed by atoms with Crippen LogP contribution in [0.5, 0.6) is 0 Å². The van der Waals surface area contributed by atoms with Crippen molar-refractivity contribution >= 4 is 5.91 Å². The number of ether oxygens (including phenoxy) is 1. The quantitative estimate of drug-likeness (QED) is 0.848. The molecule has 0 atom stereocenters. The van der Waals surface area contributed by atoms with Crippen molar-refractivity contribution in [1.29, 1.82) is 0 Å². The smallest absolute Gasteiger partial charge is 0.228 e. The summed E-state index contributed by atoms with van der Waals surface area (Å²) in [6.07, 6.45) is 7.79. The Morgan fingerprint density at radius 3 is 2.47 bits per heavy atom. The van der Waals surface area contributed by atoms with Crippen LogP contribution in [0.2, 0.25) is 0 Å². The molecule has 2 fully saturated rings. The number of hydrogen-bond donors (Lipinski definition) is 1. The van der Waals surface area contributed by atoms with Gasteiger partial charge in [-0.2, -0.15) is 0 Å². The fourth-order valence-electron chi connectivity index (χ4n) is 3.37. The van der Waals surface area contributed by atoms with Gasteiger partial charge >= 0.3 is 0 Å². The highest BCUT2D eigenvalue weighted by Crippen LogP contribution is 2.38. The van der Waals surface area contributed by atoms with Crippen molar-refractivity contribution in [1.82, 2.24) is 4.90 Å². The molecule has 0 aromatic rings. The fraction of sp³-hybridized carbons (Fsp3) is 0.933. The summed E-state index contributed by atoms with van der Waals surface area (Å²) in [6.45, 7) is 4.26. The number of likely N-dealkylation sites (tertiary alicyclic amines) is 1. The van der Waals surface area contributed by atoms with Crippen LogP contribution in [0, 0.1) is 5.41 Å². The lowest BCUT2D eigenvalue weighted by atomic mass is 9.74. The molecule has 1 aliphatic carbocycles. The van der Waals surface area contributed by atoms with Crippen LogP contribution in [0.4, 0.5) is 0 Å². The highest BCUT2D eigenvalue weighted by molar-refractivity contribution is 5.82. The molecule has 1 amide bonds. The number of nitrogens with zero attached hydrogens (tertiary/aromatic N) is 1. The average molecular weight is 269 g/mol. The molecular weight excluding hydrogens is 242 g/mol. The molecule has 19 heavy (non-hydrogen) atoms. The van der Waals surface area contributed by atoms with Crippen molar-refractivity contribution in [2.75, 3.05) is 26.3 Å². The van der Waals surface area contributed by atoms with Gasteiger partial charge in [0, 0.05) is 18.5 Å². The van der Waals surface area contributed by atoms with Gasteiger partial charge in [0.25, 0.3) is 0 Å². The summed E-state index contributed by atoms with van der Waals surface area (Å²) in [5.41, 5.74) is -0.114. The van der Waals surface area contributed by atoms with E-state index in [0.717, 1.165) is 38.8 Å². The molecule has 0 unspecified atom stereocenters. The van der Waals surface area contributed by atoms with E-state index in [1.165, 1.54) is 19.3 Å². The normalized spacial score (nSPS) is 24.4. The van der Waals surface area contributed by atoms with E-state index in [1.54, 1.807) is 0 Å². The molecule has 0 bridgehead atoms. The van der Waals surface area contributed by atoms with Gasteiger partial charge in [-0.1, -0.05) is 26.2 Å². The number of carbonyl (C=O) groups excluding carboxylic acids is 1. The second kappa shape index (κ2) is 6.71. The first kappa shape index (κ1) is 14.8. The Kier molecular flexibility index (Phi) is 5.22. The van der Waals surface area contributed by atoms with Crippen LogP contribution in [0.3, 0.4) is 0 Å². The van der Waals surface area contributed by atoms with E-state index in [9.17, 15) is 4.79 Å². The van der Waals surface area contributed by atoms with Crippen molar-refractivity contribution in [3.63, 3.8) is 0 Å². The Labute approximate surface area is 116 Å². The van der Waals surface area contributed by atoms with Gasteiger partial charge in [-0.05, 0) is 25.7 Å². The Hall–Kier alpha value is -0.610. The minimum Gasteiger partial charge on any atom is -0.394 e. The van der Waals surface area contributed by atoms with Crippen LogP contribution >= 0.6 is 0 Å². The Balaban J connectivity index is 1.81. The Bertz CT molecular complexity index is 292. The van der Waals surface area contributed by atoms with Crippen LogP contribution in [0.15, 0.2) is 0 Å². The molecule has 0 aromatic carbocycles. The zero-order chi connectivity index (χ0) is 13.7. The Morgan fingerprint density at radius 2 is 1.89 bits per heavy atom. The maximum absolute atomic E-state index is 12.6. The van der Waals surface area contributed by atoms with E-state index in [1.807, 2.05) is 4.90 Å². The van der Waals surface area contributed by atoms with E-state index in [2.05, 4.69) is 6.92 Å². The van der Waals surface area contributed by atoms with E-state index in [-0.39, 0.29) is 18.1 Å². The van der Waals surface area contributed by atoms with Crippen LogP contribution in [-0.2, 0) is 9.53 Å². The second-order valence-corrected chi connectivity index (χ2v) is 6.21. The SMILES string of the molecule is CC1(C(=O)N2CCC(OCCO)CC2)CCCCC1. The third-order valence-electron chi connectivity index (χ3n) is 4.65. The largest absolute Gasteiger partial charge is 0.394 e. The number of aliphatic hydroxyl groups excluding tert-OH is 1. The van der Waals surface area contributed by atoms with Crippen molar-refractivity contribution in [2.45, 2.75) is 58.0 Å². The number of aliphatic hydroxyl groups is 1. The van der Waals surface area contributed by atoms with E-state index >= 15 is 0 Å². The summed E-state index contributed by atoms with van der Waals surface area (Å²) in [5, 5.41) is 8.75. The van der Waals surface area contributed by atoms with Gasteiger partial charge in [0.05, 0.1) is 19.3 Å². The van der Waals surface area contributed by atoms with Crippen LogP contribution in [-0.4, -0.2) is 48.3 Å². The molecule has 2 rings (SSSR count). The summed E-state index contributed by atoms with van der Waals surface area (Å²) in [6, 6.07) is 0. The Morgan fingerprint density at radius 1 is 1.26 bits per heavy atom. The molecule has 1 N–H and O–H groups in total. The van der Waals surface area contributed by atoms with Crippen molar-refractivity contribution in [3.8, 4) is 0 Å². The molecule has 0 radical (unpaired) electrons. The molecule has 4 nitrogen and oxygen atoms in total. The third-order valence-corrected chi connectivity index (χ3v) is 4.65. The number of carbonyl (C=O) groups is 1. The molecule has 1 saturated carbocycles. The topological polar surface area (TPSA) is 49.8 Å². The van der Waals surface area contributed by atoms with Crippen molar-refractivity contribution < 1.29 is 14.6 Å². The van der Waals surface area contributed by atoms with Gasteiger partial charge < -0.3 is 14.7 Å². The lowest BCUT2D eigenvalue weighted by molar-refractivity contribution is -0.145. The first-order chi connectivity index (χ1) is 9.15. The molecule has 0 spiro atoms. The first-order valence-electron chi connectivity index (χ1n) is 7.67. The highest BCUT2D eigenvalue weighted by atomic mass is 16.5. The second-order valence-electron chi connectivity index (χ2n) is 6.21. The molecule has 1 aliphatic heterocycles. The molecule has 4 heteroatoms. The van der Waals surface area contributed by atoms with Gasteiger partial charge in [-0.3, -0.25) is 4.79 Å². The van der Waals surface area contributed by atoms with Crippen LogP contribution < -0.4 is 0 Å². The maximum Gasteiger partial charge on any atom is 0.228 e. The number of rotatable bonds is 4. The summed E-state index contributed by atoms with van der Waals surface area (Å²) in [7, 11) is 0. The van der Waals surface area contributed by atoms with Crippen LogP contribution in [0.1, 0.15) is 51.9 Å². The fourth-order valence-corrected chi connectivity index (χ4v) is 3.37. The minimum atomic E-state index is -0.114. The average Bonchev–Trinajstić information content (AvgIpc) is 2.46. The summed E-state index contributed by atoms with van der Waals surface area (Å²) >= 11 is 0. The van der Waals surface area contributed by atoms with Gasteiger partial charge in [0.2, 0.25) is 5.91 Å². The van der Waals surface area contributed by atoms with Gasteiger partial charge in [-0.25, -0.2) is 0 Å². The summed E-state index contributed by atoms with van der Waals surface area (Å²) in [4.78, 5) is 14.7. The number of piperidine rings is 1. The lowest BCUT2D eigenvalue weighted by Crippen LogP contribution is -2.48. The molecule has 1 saturated heterocycles. The predicted molar refractivity (Wildman–Crippen MR) is 73.8 cm³/mol. The minimum absolute atomic E-state index is 0.0806. The third kappa shape index (κ3) is 3.69. The highest BCUT2D eigenvalue weighted by Gasteiger charge is 2.38. The molecule has 0 aromatic heterocycles. The first-order valence-corrected chi connectivity index (χ1v) is 7.67. The van der Waals surface area contributed by atoms with Gasteiger partial charge in [0.1, 0.15) is 0 Å². The summed E-state index contributed by atoms with van der Waals surface area (Å²) < 4.78 is 5.54. The van der Waals surface area contributed by atoms with Crippen molar-refractivity contribution in [3.05, 3.63) is 0 Å². The molecule has 1 heterocycles. The monoisotopic (exact) mass is 269 g/mol. The predicted octanol–water partition coefficient (Wildman–Crippen LogP) is 1.96. The summed E-state index contributed by atoms with van der Waals surface area (Å²) in [5.74, 6) is 0.354. The van der Waals surface area contributed by atoms with Gasteiger partial charge in [-0.15, -0.1) is 0 Å². The zero-order valence-electron chi connectivity index (χ0n) is 12.1. The standard InChI is InChI=1S/C15H27NO3/c1-15(7-3-2-4-8-15)14(18)16-9-5-13(6-10-16)19-12-11-17/h13,17H,2-12H2,1H3. The maximum atomic E-state index is 12.6. The van der Waals surface area contributed by atoms with Crippen LogP contribution in [0.25, 0.3) is 0 Å². The van der Waals surface area contributed by atoms with Crippen molar-refractivity contribution in [2.24, 2.45) is 5.41 Å². The molecule has 110 valence electrons. The van der Waals surface area contributed by atoms with E-state index < -0.39 is 0 Å². The van der Waals surface area contributed by atoms with Gasteiger partial charge in [0.15, 0.2) is 0 Å². The van der Waals surface area contributed by atoms with E-state index in [4.69, 9.17) is 9.84 Å². The molecule has 2 aliphatic rings. The number of amides is 1. The zero-order valence-corrected chi connectivity index (χ0v) is 12.1. The van der Waals surface area contributed by atoms with E-state index in [0.29, 0.717) is 12.5 Å². The molecular formula is C15H27NO3. The number of hydrogen-bond acceptors (Lipinski definition) is 3. The lowest BCUT2D eigenvalue weighted by Gasteiger charge is -2.40.